The van der Waals surface area contributed by atoms with Crippen LogP contribution in [-0.4, -0.2) is 57.4 Å². The van der Waals surface area contributed by atoms with E-state index in [2.05, 4.69) is 10.6 Å². The van der Waals surface area contributed by atoms with Gasteiger partial charge in [-0.2, -0.15) is 0 Å². The van der Waals surface area contributed by atoms with Gasteiger partial charge in [-0.1, -0.05) is 12.1 Å². The van der Waals surface area contributed by atoms with Crippen LogP contribution in [-0.2, 0) is 16.1 Å². The first kappa shape index (κ1) is 31.8. The second kappa shape index (κ2) is 15.4. The normalized spacial score (nSPS) is 12.3. The molecule has 0 saturated heterocycles. The molecular formula is C30H40N6O6. The van der Waals surface area contributed by atoms with Gasteiger partial charge in [0.2, 0.25) is 11.8 Å². The zero-order chi connectivity index (χ0) is 30.6. The van der Waals surface area contributed by atoms with E-state index in [4.69, 9.17) is 41.9 Å². The van der Waals surface area contributed by atoms with Crippen LogP contribution >= 0.6 is 0 Å². The fourth-order valence-corrected chi connectivity index (χ4v) is 4.28. The fourth-order valence-electron chi connectivity index (χ4n) is 4.28. The summed E-state index contributed by atoms with van der Waals surface area (Å²) in [7, 11) is 1.60. The van der Waals surface area contributed by atoms with Crippen LogP contribution in [0.25, 0.3) is 0 Å². The monoisotopic (exact) mass is 580 g/mol. The van der Waals surface area contributed by atoms with Crippen molar-refractivity contribution in [2.45, 2.75) is 32.7 Å². The molecule has 3 rings (SSSR count). The first-order valence-corrected chi connectivity index (χ1v) is 13.6. The maximum Gasteiger partial charge on any atom is 0.248 e. The van der Waals surface area contributed by atoms with E-state index in [9.17, 15) is 9.59 Å². The molecule has 0 heterocycles. The summed E-state index contributed by atoms with van der Waals surface area (Å²) in [5, 5.41) is 6.60. The van der Waals surface area contributed by atoms with E-state index in [1.54, 1.807) is 25.3 Å². The lowest BCUT2D eigenvalue weighted by atomic mass is 10.1. The van der Waals surface area contributed by atoms with Gasteiger partial charge in [-0.05, 0) is 61.9 Å². The molecule has 0 aromatic heterocycles. The number of amides is 2. The Morgan fingerprint density at radius 3 is 1.93 bits per heavy atom. The summed E-state index contributed by atoms with van der Waals surface area (Å²) in [5.74, 6) is -0.0891. The number of carbonyl (C=O) groups is 2. The average molecular weight is 581 g/mol. The molecule has 0 bridgehead atoms. The van der Waals surface area contributed by atoms with Crippen molar-refractivity contribution in [3.63, 3.8) is 0 Å². The molecule has 0 aliphatic rings. The van der Waals surface area contributed by atoms with Gasteiger partial charge < -0.3 is 52.5 Å². The SMILES string of the molecule is CCO[C@@H](CNc1ccc(C(N)=O)cc1N)[C@H](CNc1c(N)cc(C(N)=O)cc1OCc1ccc(OC)cc1)OCC. The van der Waals surface area contributed by atoms with Crippen LogP contribution in [0.1, 0.15) is 40.1 Å². The molecule has 10 N–H and O–H groups in total. The number of ether oxygens (including phenoxy) is 4. The summed E-state index contributed by atoms with van der Waals surface area (Å²) in [6, 6.07) is 15.3. The molecule has 2 atom stereocenters. The van der Waals surface area contributed by atoms with Crippen molar-refractivity contribution in [2.24, 2.45) is 11.5 Å². The quantitative estimate of drug-likeness (QED) is 0.129. The largest absolute Gasteiger partial charge is 0.497 e. The minimum atomic E-state index is -0.625. The summed E-state index contributed by atoms with van der Waals surface area (Å²) in [4.78, 5) is 23.4. The minimum Gasteiger partial charge on any atom is -0.497 e. The lowest BCUT2D eigenvalue weighted by molar-refractivity contribution is -0.0539. The molecule has 42 heavy (non-hydrogen) atoms. The van der Waals surface area contributed by atoms with Gasteiger partial charge in [-0.15, -0.1) is 0 Å². The van der Waals surface area contributed by atoms with Gasteiger partial charge in [0.05, 0.1) is 24.2 Å². The number of nitrogens with one attached hydrogen (secondary N) is 2. The lowest BCUT2D eigenvalue weighted by Gasteiger charge is -2.29. The van der Waals surface area contributed by atoms with Crippen molar-refractivity contribution >= 4 is 34.6 Å². The third-order valence-electron chi connectivity index (χ3n) is 6.46. The zero-order valence-electron chi connectivity index (χ0n) is 24.1. The molecule has 0 unspecified atom stereocenters. The van der Waals surface area contributed by atoms with Crippen molar-refractivity contribution in [2.75, 3.05) is 55.5 Å². The predicted molar refractivity (Wildman–Crippen MR) is 164 cm³/mol. The minimum absolute atomic E-state index is 0.219. The maximum absolute atomic E-state index is 11.9. The summed E-state index contributed by atoms with van der Waals surface area (Å²) in [6.45, 7) is 5.54. The van der Waals surface area contributed by atoms with E-state index >= 15 is 0 Å². The third-order valence-corrected chi connectivity index (χ3v) is 6.46. The molecule has 0 radical (unpaired) electrons. The molecule has 226 valence electrons. The number of nitrogen functional groups attached to an aromatic ring is 2. The number of nitrogens with two attached hydrogens (primary N) is 4. The number of benzene rings is 3. The molecule has 0 fully saturated rings. The summed E-state index contributed by atoms with van der Waals surface area (Å²) in [5.41, 5.74) is 26.6. The second-order valence-electron chi connectivity index (χ2n) is 9.36. The van der Waals surface area contributed by atoms with Crippen molar-refractivity contribution in [3.05, 3.63) is 71.3 Å². The smallest absolute Gasteiger partial charge is 0.248 e. The number of anilines is 4. The topological polar surface area (TPSA) is 199 Å². The van der Waals surface area contributed by atoms with Gasteiger partial charge in [0.1, 0.15) is 36.0 Å². The standard InChI is InChI=1S/C30H40N6O6/c1-4-40-26(15-35-24-11-8-19(29(33)37)12-22(24)31)27(41-5-2)16-36-28-23(32)13-20(30(34)38)14-25(28)42-17-18-6-9-21(39-3)10-7-18/h6-14,26-27,35-36H,4-5,15-17,31-32H2,1-3H3,(H2,33,37)(H2,34,38)/t26-,27-/m0/s1. The Morgan fingerprint density at radius 2 is 1.38 bits per heavy atom. The third kappa shape index (κ3) is 8.66. The molecule has 12 nitrogen and oxygen atoms in total. The zero-order valence-corrected chi connectivity index (χ0v) is 24.1. The summed E-state index contributed by atoms with van der Waals surface area (Å²) < 4.78 is 23.4. The fraction of sp³-hybridized carbons (Fsp3) is 0.333. The van der Waals surface area contributed by atoms with E-state index in [1.165, 1.54) is 12.1 Å². The molecular weight excluding hydrogens is 540 g/mol. The van der Waals surface area contributed by atoms with E-state index in [0.717, 1.165) is 11.3 Å². The Morgan fingerprint density at radius 1 is 0.786 bits per heavy atom. The lowest BCUT2D eigenvalue weighted by Crippen LogP contribution is -2.42. The van der Waals surface area contributed by atoms with E-state index in [1.807, 2.05) is 38.1 Å². The number of rotatable bonds is 17. The second-order valence-corrected chi connectivity index (χ2v) is 9.36. The van der Waals surface area contributed by atoms with Crippen molar-refractivity contribution < 1.29 is 28.5 Å². The van der Waals surface area contributed by atoms with Gasteiger partial charge in [-0.25, -0.2) is 0 Å². The molecule has 0 aliphatic carbocycles. The summed E-state index contributed by atoms with van der Waals surface area (Å²) in [6.07, 6.45) is -0.814. The Bertz CT molecular complexity index is 1350. The van der Waals surface area contributed by atoms with Gasteiger partial charge in [0.15, 0.2) is 0 Å². The summed E-state index contributed by atoms with van der Waals surface area (Å²) >= 11 is 0. The van der Waals surface area contributed by atoms with Crippen LogP contribution < -0.4 is 43.0 Å². The van der Waals surface area contributed by atoms with Crippen molar-refractivity contribution in [1.29, 1.82) is 0 Å². The Kier molecular flexibility index (Phi) is 11.6. The highest BCUT2D eigenvalue weighted by molar-refractivity contribution is 5.96. The molecule has 0 spiro atoms. The molecule has 12 heteroatoms. The van der Waals surface area contributed by atoms with E-state index in [-0.39, 0.29) is 12.2 Å². The van der Waals surface area contributed by atoms with Crippen LogP contribution in [0.4, 0.5) is 22.7 Å². The van der Waals surface area contributed by atoms with Crippen LogP contribution in [0.15, 0.2) is 54.6 Å². The van der Waals surface area contributed by atoms with Gasteiger partial charge in [0, 0.05) is 37.4 Å². The Hall–Kier alpha value is -4.68. The molecule has 0 aliphatic heterocycles. The molecule has 2 amide bonds. The van der Waals surface area contributed by atoms with Crippen LogP contribution in [0.5, 0.6) is 11.5 Å². The predicted octanol–water partition coefficient (Wildman–Crippen LogP) is 2.97. The Balaban J connectivity index is 1.78. The van der Waals surface area contributed by atoms with Crippen molar-refractivity contribution in [3.8, 4) is 11.5 Å². The van der Waals surface area contributed by atoms with Gasteiger partial charge >= 0.3 is 0 Å². The number of primary amides is 2. The van der Waals surface area contributed by atoms with Gasteiger partial charge in [-0.3, -0.25) is 9.59 Å². The first-order valence-electron chi connectivity index (χ1n) is 13.6. The van der Waals surface area contributed by atoms with Crippen LogP contribution in [0.2, 0.25) is 0 Å². The first-order chi connectivity index (χ1) is 20.2. The number of methoxy groups -OCH3 is 1. The molecule has 0 saturated carbocycles. The number of hydrogen-bond acceptors (Lipinski definition) is 10. The highest BCUT2D eigenvalue weighted by atomic mass is 16.5. The van der Waals surface area contributed by atoms with E-state index in [0.29, 0.717) is 60.4 Å². The average Bonchev–Trinajstić information content (AvgIpc) is 2.97. The van der Waals surface area contributed by atoms with E-state index < -0.39 is 24.0 Å². The molecule has 3 aromatic rings. The molecule has 3 aromatic carbocycles. The number of hydrogen-bond donors (Lipinski definition) is 6. The highest BCUT2D eigenvalue weighted by Gasteiger charge is 2.24. The Labute approximate surface area is 245 Å². The van der Waals surface area contributed by atoms with Crippen LogP contribution in [0.3, 0.4) is 0 Å². The van der Waals surface area contributed by atoms with Crippen LogP contribution in [0, 0.1) is 0 Å². The van der Waals surface area contributed by atoms with Crippen molar-refractivity contribution in [1.82, 2.24) is 0 Å². The maximum atomic E-state index is 11.9. The highest BCUT2D eigenvalue weighted by Crippen LogP contribution is 2.34. The number of carbonyl (C=O) groups excluding carboxylic acids is 2. The van der Waals surface area contributed by atoms with Gasteiger partial charge in [0.25, 0.3) is 0 Å².